The van der Waals surface area contributed by atoms with Gasteiger partial charge in [0, 0.05) is 12.3 Å². The van der Waals surface area contributed by atoms with Crippen molar-refractivity contribution in [3.8, 4) is 11.5 Å². The summed E-state index contributed by atoms with van der Waals surface area (Å²) in [4.78, 5) is 30.1. The predicted octanol–water partition coefficient (Wildman–Crippen LogP) is 2.70. The summed E-state index contributed by atoms with van der Waals surface area (Å²) in [6.45, 7) is -0.111. The van der Waals surface area contributed by atoms with E-state index < -0.39 is 21.8 Å². The number of benzene rings is 2. The lowest BCUT2D eigenvalue weighted by atomic mass is 10.2. The molecule has 2 aromatic carbocycles. The molecule has 0 bridgehead atoms. The van der Waals surface area contributed by atoms with Gasteiger partial charge in [-0.05, 0) is 42.0 Å². The van der Waals surface area contributed by atoms with Crippen LogP contribution < -0.4 is 14.2 Å². The third kappa shape index (κ3) is 3.87. The number of hydrogen-bond acceptors (Lipinski definition) is 7. The summed E-state index contributed by atoms with van der Waals surface area (Å²) < 4.78 is 39.0. The van der Waals surface area contributed by atoms with Crippen molar-refractivity contribution < 1.29 is 27.5 Å². The van der Waals surface area contributed by atoms with Crippen LogP contribution in [0.1, 0.15) is 26.4 Å². The van der Waals surface area contributed by atoms with Gasteiger partial charge >= 0.3 is 0 Å². The molecule has 1 aliphatic rings. The lowest BCUT2D eigenvalue weighted by Crippen LogP contribution is -2.29. The van der Waals surface area contributed by atoms with E-state index in [0.717, 1.165) is 4.90 Å². The minimum absolute atomic E-state index is 0.0820. The van der Waals surface area contributed by atoms with Crippen LogP contribution in [0.4, 0.5) is 5.69 Å². The van der Waals surface area contributed by atoms with E-state index in [0.29, 0.717) is 17.0 Å². The van der Waals surface area contributed by atoms with E-state index in [-0.39, 0.29) is 28.4 Å². The quantitative estimate of drug-likeness (QED) is 0.547. The van der Waals surface area contributed by atoms with Crippen molar-refractivity contribution in [3.05, 3.63) is 77.6 Å². The Labute approximate surface area is 184 Å². The van der Waals surface area contributed by atoms with Crippen molar-refractivity contribution in [2.45, 2.75) is 11.4 Å². The fourth-order valence-corrected chi connectivity index (χ4v) is 4.64. The van der Waals surface area contributed by atoms with Crippen molar-refractivity contribution in [3.63, 3.8) is 0 Å². The van der Waals surface area contributed by atoms with Crippen molar-refractivity contribution in [2.75, 3.05) is 18.9 Å². The molecule has 0 atom stereocenters. The molecule has 0 spiro atoms. The number of aromatic nitrogens is 1. The molecule has 0 unspecified atom stereocenters. The average molecular weight is 453 g/mol. The normalized spacial score (nSPS) is 13.1. The monoisotopic (exact) mass is 453 g/mol. The van der Waals surface area contributed by atoms with Crippen LogP contribution >= 0.6 is 0 Å². The Morgan fingerprint density at radius 1 is 0.969 bits per heavy atom. The van der Waals surface area contributed by atoms with Gasteiger partial charge in [0.2, 0.25) is 0 Å². The summed E-state index contributed by atoms with van der Waals surface area (Å²) in [6.07, 6.45) is 1.44. The van der Waals surface area contributed by atoms with Gasteiger partial charge in [0.05, 0.1) is 32.0 Å². The number of rotatable bonds is 7. The summed E-state index contributed by atoms with van der Waals surface area (Å²) in [5, 5.41) is 0. The van der Waals surface area contributed by atoms with Gasteiger partial charge in [0.15, 0.2) is 0 Å². The van der Waals surface area contributed by atoms with E-state index >= 15 is 0 Å². The molecule has 2 amide bonds. The molecule has 0 saturated carbocycles. The summed E-state index contributed by atoms with van der Waals surface area (Å²) in [5.41, 5.74) is 1.05. The van der Waals surface area contributed by atoms with Gasteiger partial charge in [-0.15, -0.1) is 0 Å². The molecule has 1 aliphatic heterocycles. The molecule has 1 N–H and O–H groups in total. The van der Waals surface area contributed by atoms with Crippen LogP contribution in [0.3, 0.4) is 0 Å². The third-order valence-electron chi connectivity index (χ3n) is 4.91. The minimum atomic E-state index is -4.05. The third-order valence-corrected chi connectivity index (χ3v) is 6.31. The number of anilines is 1. The summed E-state index contributed by atoms with van der Waals surface area (Å²) in [7, 11) is -1.21. The largest absolute Gasteiger partial charge is 0.497 e. The van der Waals surface area contributed by atoms with E-state index in [1.807, 2.05) is 0 Å². The molecular formula is C22H19N3O6S. The van der Waals surface area contributed by atoms with Crippen LogP contribution in [0.15, 0.2) is 65.7 Å². The first kappa shape index (κ1) is 21.3. The Morgan fingerprint density at radius 3 is 2.50 bits per heavy atom. The number of fused-ring (bicyclic) bond motifs is 1. The molecule has 0 aliphatic carbocycles. The maximum absolute atomic E-state index is 13.1. The number of carbonyl (C=O) groups excluding carboxylic acids is 2. The number of imide groups is 1. The van der Waals surface area contributed by atoms with Gasteiger partial charge in [-0.3, -0.25) is 24.2 Å². The second kappa shape index (κ2) is 8.31. The Morgan fingerprint density at radius 2 is 1.78 bits per heavy atom. The zero-order chi connectivity index (χ0) is 22.9. The number of methoxy groups -OCH3 is 2. The first-order valence-corrected chi connectivity index (χ1v) is 11.0. The number of ether oxygens (including phenoxy) is 2. The van der Waals surface area contributed by atoms with E-state index in [1.165, 1.54) is 38.6 Å². The lowest BCUT2D eigenvalue weighted by Gasteiger charge is -2.16. The summed E-state index contributed by atoms with van der Waals surface area (Å²) >= 11 is 0. The Hall–Kier alpha value is -3.92. The Kier molecular flexibility index (Phi) is 5.54. The zero-order valence-electron chi connectivity index (χ0n) is 17.2. The Balaban J connectivity index is 1.64. The van der Waals surface area contributed by atoms with Gasteiger partial charge in [-0.1, -0.05) is 12.1 Å². The number of hydrogen-bond donors (Lipinski definition) is 1. The van der Waals surface area contributed by atoms with E-state index in [4.69, 9.17) is 9.47 Å². The van der Waals surface area contributed by atoms with Gasteiger partial charge in [0.1, 0.15) is 22.1 Å². The molecule has 10 heteroatoms. The topological polar surface area (TPSA) is 115 Å². The minimum Gasteiger partial charge on any atom is -0.497 e. The van der Waals surface area contributed by atoms with E-state index in [9.17, 15) is 18.0 Å². The second-order valence-electron chi connectivity index (χ2n) is 6.92. The fourth-order valence-electron chi connectivity index (χ4n) is 3.37. The van der Waals surface area contributed by atoms with Crippen molar-refractivity contribution in [1.29, 1.82) is 0 Å². The van der Waals surface area contributed by atoms with E-state index in [1.54, 1.807) is 36.4 Å². The SMILES string of the molecule is COc1cccc(NS(=O)(=O)c2cc(CN3C(=O)c4cccnc4C3=O)ccc2OC)c1. The van der Waals surface area contributed by atoms with Gasteiger partial charge < -0.3 is 9.47 Å². The second-order valence-corrected chi connectivity index (χ2v) is 8.57. The summed E-state index contributed by atoms with van der Waals surface area (Å²) in [6, 6.07) is 14.0. The van der Waals surface area contributed by atoms with Crippen molar-refractivity contribution >= 4 is 27.5 Å². The number of carbonyl (C=O) groups is 2. The Bertz CT molecular complexity index is 1290. The molecular weight excluding hydrogens is 434 g/mol. The standard InChI is InChI=1S/C22H19N3O6S/c1-30-16-6-3-5-15(12-16)24-32(28,29)19-11-14(8-9-18(19)31-2)13-25-21(26)17-7-4-10-23-20(17)22(25)27/h3-12,24H,13H2,1-2H3. The van der Waals surface area contributed by atoms with E-state index in [2.05, 4.69) is 9.71 Å². The molecule has 9 nitrogen and oxygen atoms in total. The van der Waals surface area contributed by atoms with Crippen LogP contribution in [0.5, 0.6) is 11.5 Å². The van der Waals surface area contributed by atoms with Gasteiger partial charge in [-0.25, -0.2) is 8.42 Å². The first-order valence-electron chi connectivity index (χ1n) is 9.49. The molecule has 0 fully saturated rings. The molecule has 1 aromatic heterocycles. The number of amides is 2. The summed E-state index contributed by atoms with van der Waals surface area (Å²) in [5.74, 6) is -0.397. The van der Waals surface area contributed by atoms with Crippen LogP contribution in [0, 0.1) is 0 Å². The highest BCUT2D eigenvalue weighted by Crippen LogP contribution is 2.30. The van der Waals surface area contributed by atoms with Crippen LogP contribution in [0.2, 0.25) is 0 Å². The fraction of sp³-hybridized carbons (Fsp3) is 0.136. The number of pyridine rings is 1. The molecule has 32 heavy (non-hydrogen) atoms. The highest BCUT2D eigenvalue weighted by Gasteiger charge is 2.36. The molecule has 164 valence electrons. The predicted molar refractivity (Wildman–Crippen MR) is 115 cm³/mol. The lowest BCUT2D eigenvalue weighted by molar-refractivity contribution is 0.0640. The molecule has 0 radical (unpaired) electrons. The average Bonchev–Trinajstić information content (AvgIpc) is 3.04. The molecule has 2 heterocycles. The van der Waals surface area contributed by atoms with Crippen LogP contribution in [-0.2, 0) is 16.6 Å². The van der Waals surface area contributed by atoms with Gasteiger partial charge in [0.25, 0.3) is 21.8 Å². The molecule has 4 rings (SSSR count). The highest BCUT2D eigenvalue weighted by atomic mass is 32.2. The zero-order valence-corrected chi connectivity index (χ0v) is 18.0. The first-order chi connectivity index (χ1) is 15.3. The van der Waals surface area contributed by atoms with Crippen molar-refractivity contribution in [1.82, 2.24) is 9.88 Å². The smallest absolute Gasteiger partial charge is 0.280 e. The molecule has 3 aromatic rings. The maximum Gasteiger partial charge on any atom is 0.280 e. The number of nitrogens with zero attached hydrogens (tertiary/aromatic N) is 2. The number of nitrogens with one attached hydrogen (secondary N) is 1. The van der Waals surface area contributed by atoms with Gasteiger partial charge in [-0.2, -0.15) is 0 Å². The highest BCUT2D eigenvalue weighted by molar-refractivity contribution is 7.92. The van der Waals surface area contributed by atoms with Crippen LogP contribution in [-0.4, -0.2) is 44.3 Å². The van der Waals surface area contributed by atoms with Crippen LogP contribution in [0.25, 0.3) is 0 Å². The number of sulfonamides is 1. The maximum atomic E-state index is 13.1. The van der Waals surface area contributed by atoms with Crippen molar-refractivity contribution in [2.24, 2.45) is 0 Å². The molecule has 0 saturated heterocycles.